The lowest BCUT2D eigenvalue weighted by molar-refractivity contribution is -0.117. The molecule has 0 spiro atoms. The quantitative estimate of drug-likeness (QED) is 0.209. The molecule has 29 heavy (non-hydrogen) atoms. The number of hydrogen-bond donors (Lipinski definition) is 1. The van der Waals surface area contributed by atoms with Crippen LogP contribution in [0.4, 0.5) is 0 Å². The van der Waals surface area contributed by atoms with Crippen LogP contribution in [0.25, 0.3) is 0 Å². The summed E-state index contributed by atoms with van der Waals surface area (Å²) in [4.78, 5) is 23.9. The molecule has 1 aromatic rings. The molecule has 1 N–H and O–H groups in total. The van der Waals surface area contributed by atoms with Crippen LogP contribution in [0.2, 0.25) is 51.9 Å². The fourth-order valence-electron chi connectivity index (χ4n) is 3.05. The van der Waals surface area contributed by atoms with E-state index in [0.29, 0.717) is 25.3 Å². The van der Waals surface area contributed by atoms with E-state index in [9.17, 15) is 9.59 Å². The molecule has 0 radical (unpaired) electrons. The zero-order chi connectivity index (χ0) is 22.1. The molecule has 6 nitrogen and oxygen atoms in total. The third-order valence-electron chi connectivity index (χ3n) is 3.74. The minimum atomic E-state index is -2.23. The van der Waals surface area contributed by atoms with Crippen LogP contribution in [-0.2, 0) is 17.8 Å². The molecule has 0 atom stereocenters. The average Bonchev–Trinajstić information content (AvgIpc) is 2.57. The highest BCUT2D eigenvalue weighted by Crippen LogP contribution is 2.25. The minimum absolute atomic E-state index is 0.308. The number of carbonyl (C=O) groups is 2. The second kappa shape index (κ2) is 11.3. The van der Waals surface area contributed by atoms with Crippen LogP contribution in [0, 0.1) is 0 Å². The van der Waals surface area contributed by atoms with Gasteiger partial charge in [0.05, 0.1) is 6.61 Å². The molecule has 164 valence electrons. The summed E-state index contributed by atoms with van der Waals surface area (Å²) in [7, 11) is -5.60. The topological polar surface area (TPSA) is 73.9 Å². The van der Waals surface area contributed by atoms with E-state index in [2.05, 4.69) is 51.1 Å². The van der Waals surface area contributed by atoms with E-state index in [1.807, 2.05) is 0 Å². The molecular weight excluding hydrogens is 418 g/mol. The third kappa shape index (κ3) is 11.6. The maximum Gasteiger partial charge on any atom is 0.314 e. The lowest BCUT2D eigenvalue weighted by atomic mass is 10.1. The zero-order valence-corrected chi connectivity index (χ0v) is 22.0. The second-order valence-electron chi connectivity index (χ2n) is 9.23. The van der Waals surface area contributed by atoms with Crippen LogP contribution in [0.1, 0.15) is 16.8 Å². The standard InChI is InChI=1S/C20H37NO5Si3/c1-27(2,3)25-29(7,26-28(4,5)6)17-11-15-24-16-14-21-20(23)19(22)18-12-9-8-10-13-18/h8-10,12-13H,11,14-17H2,1-7H3,(H,21,23). The van der Waals surface area contributed by atoms with Gasteiger partial charge in [-0.15, -0.1) is 0 Å². The lowest BCUT2D eigenvalue weighted by Gasteiger charge is -2.38. The maximum absolute atomic E-state index is 12.0. The van der Waals surface area contributed by atoms with Crippen molar-refractivity contribution < 1.29 is 22.6 Å². The number of rotatable bonds is 13. The zero-order valence-electron chi connectivity index (χ0n) is 19.0. The van der Waals surface area contributed by atoms with Gasteiger partial charge in [-0.2, -0.15) is 0 Å². The summed E-state index contributed by atoms with van der Waals surface area (Å²) in [6, 6.07) is 9.42. The molecule has 0 aromatic heterocycles. The summed E-state index contributed by atoms with van der Waals surface area (Å²) in [6.45, 7) is 16.6. The number of Topliss-reactive ketones (excluding diaryl/α,β-unsaturated/α-hetero) is 1. The van der Waals surface area contributed by atoms with Gasteiger partial charge in [-0.25, -0.2) is 0 Å². The van der Waals surface area contributed by atoms with Crippen molar-refractivity contribution in [3.05, 3.63) is 35.9 Å². The van der Waals surface area contributed by atoms with Crippen LogP contribution in [0.15, 0.2) is 30.3 Å². The highest BCUT2D eigenvalue weighted by atomic mass is 28.5. The van der Waals surface area contributed by atoms with Crippen molar-refractivity contribution in [1.82, 2.24) is 5.32 Å². The van der Waals surface area contributed by atoms with Crippen LogP contribution in [0.3, 0.4) is 0 Å². The van der Waals surface area contributed by atoms with E-state index in [1.165, 1.54) is 0 Å². The Morgan fingerprint density at radius 1 is 0.862 bits per heavy atom. The Kier molecular flexibility index (Phi) is 10.1. The summed E-state index contributed by atoms with van der Waals surface area (Å²) < 4.78 is 18.6. The monoisotopic (exact) mass is 455 g/mol. The summed E-state index contributed by atoms with van der Waals surface area (Å²) in [5.74, 6) is -1.13. The Labute approximate surface area is 178 Å². The Bertz CT molecular complexity index is 640. The van der Waals surface area contributed by atoms with Crippen molar-refractivity contribution in [3.63, 3.8) is 0 Å². The SMILES string of the molecule is C[Si](C)(C)O[Si](C)(CCCOCCNC(=O)C(=O)c1ccccc1)O[Si](C)(C)C. The first kappa shape index (κ1) is 25.9. The van der Waals surface area contributed by atoms with E-state index in [4.69, 9.17) is 13.0 Å². The van der Waals surface area contributed by atoms with Gasteiger partial charge in [-0.1, -0.05) is 30.3 Å². The molecule has 1 rings (SSSR count). The summed E-state index contributed by atoms with van der Waals surface area (Å²) in [5.41, 5.74) is 0.389. The van der Waals surface area contributed by atoms with Crippen molar-refractivity contribution >= 4 is 36.9 Å². The highest BCUT2D eigenvalue weighted by molar-refractivity contribution is 6.87. The maximum atomic E-state index is 12.0. The van der Waals surface area contributed by atoms with Gasteiger partial charge in [0.15, 0.2) is 16.6 Å². The minimum Gasteiger partial charge on any atom is -0.437 e. The van der Waals surface area contributed by atoms with Gasteiger partial charge in [0.25, 0.3) is 5.91 Å². The number of benzene rings is 1. The van der Waals surface area contributed by atoms with Crippen LogP contribution >= 0.6 is 0 Å². The molecule has 1 aromatic carbocycles. The highest BCUT2D eigenvalue weighted by Gasteiger charge is 2.39. The van der Waals surface area contributed by atoms with Crippen molar-refractivity contribution in [1.29, 1.82) is 0 Å². The van der Waals surface area contributed by atoms with Crippen LogP contribution in [0.5, 0.6) is 0 Å². The van der Waals surface area contributed by atoms with Gasteiger partial charge in [0.1, 0.15) is 0 Å². The Hall–Kier alpha value is -1.11. The molecule has 1 amide bonds. The summed E-state index contributed by atoms with van der Waals surface area (Å²) >= 11 is 0. The average molecular weight is 456 g/mol. The Morgan fingerprint density at radius 2 is 1.41 bits per heavy atom. The number of carbonyl (C=O) groups excluding carboxylic acids is 2. The largest absolute Gasteiger partial charge is 0.437 e. The van der Waals surface area contributed by atoms with Gasteiger partial charge >= 0.3 is 8.56 Å². The smallest absolute Gasteiger partial charge is 0.314 e. The van der Waals surface area contributed by atoms with Crippen molar-refractivity contribution in [2.75, 3.05) is 19.8 Å². The van der Waals surface area contributed by atoms with E-state index in [0.717, 1.165) is 12.5 Å². The molecule has 0 aliphatic carbocycles. The summed E-state index contributed by atoms with van der Waals surface area (Å²) in [6.07, 6.45) is 0.856. The molecule has 0 heterocycles. The number of ether oxygens (including phenoxy) is 1. The molecule has 0 aliphatic rings. The van der Waals surface area contributed by atoms with Gasteiger partial charge in [0.2, 0.25) is 5.78 Å². The molecule has 0 fully saturated rings. The lowest BCUT2D eigenvalue weighted by Crippen LogP contribution is -2.52. The number of hydrogen-bond acceptors (Lipinski definition) is 5. The molecule has 0 unspecified atom stereocenters. The van der Waals surface area contributed by atoms with E-state index in [-0.39, 0.29) is 0 Å². The van der Waals surface area contributed by atoms with Crippen LogP contribution < -0.4 is 5.32 Å². The van der Waals surface area contributed by atoms with E-state index >= 15 is 0 Å². The number of amides is 1. The molecule has 0 saturated carbocycles. The van der Waals surface area contributed by atoms with Gasteiger partial charge < -0.3 is 18.3 Å². The molecule has 0 bridgehead atoms. The second-order valence-corrected chi connectivity index (χ2v) is 22.1. The third-order valence-corrected chi connectivity index (χ3v) is 13.4. The number of nitrogens with one attached hydrogen (secondary N) is 1. The first-order chi connectivity index (χ1) is 13.3. The Balaban J connectivity index is 2.32. The summed E-state index contributed by atoms with van der Waals surface area (Å²) in [5, 5.41) is 2.61. The van der Waals surface area contributed by atoms with Crippen molar-refractivity contribution in [3.8, 4) is 0 Å². The van der Waals surface area contributed by atoms with Gasteiger partial charge in [0, 0.05) is 18.7 Å². The molecule has 9 heteroatoms. The molecule has 0 aliphatic heterocycles. The van der Waals surface area contributed by atoms with E-state index < -0.39 is 36.9 Å². The van der Waals surface area contributed by atoms with Crippen LogP contribution in [-0.4, -0.2) is 56.6 Å². The molecular formula is C20H37NO5Si3. The first-order valence-corrected chi connectivity index (χ1v) is 19.5. The fraction of sp³-hybridized carbons (Fsp3) is 0.600. The predicted octanol–water partition coefficient (Wildman–Crippen LogP) is 4.17. The normalized spacial score (nSPS) is 12.7. The predicted molar refractivity (Wildman–Crippen MR) is 125 cm³/mol. The van der Waals surface area contributed by atoms with Gasteiger partial charge in [-0.3, -0.25) is 9.59 Å². The van der Waals surface area contributed by atoms with Gasteiger partial charge in [-0.05, 0) is 58.3 Å². The first-order valence-electron chi connectivity index (χ1n) is 10.2. The molecule has 0 saturated heterocycles. The van der Waals surface area contributed by atoms with Crippen molar-refractivity contribution in [2.45, 2.75) is 58.3 Å². The van der Waals surface area contributed by atoms with E-state index in [1.54, 1.807) is 30.3 Å². The number of ketones is 1. The Morgan fingerprint density at radius 3 is 1.93 bits per heavy atom. The van der Waals surface area contributed by atoms with Crippen molar-refractivity contribution in [2.24, 2.45) is 0 Å². The fourth-order valence-corrected chi connectivity index (χ4v) is 15.6.